The first-order chi connectivity index (χ1) is 13.7. The summed E-state index contributed by atoms with van der Waals surface area (Å²) in [6.45, 7) is 4.39. The fourth-order valence-electron chi connectivity index (χ4n) is 4.05. The van der Waals surface area contributed by atoms with Crippen LogP contribution in [0, 0.1) is 0 Å². The monoisotopic (exact) mass is 406 g/mol. The molecule has 2 aliphatic rings. The maximum Gasteiger partial charge on any atom is 0.191 e. The molecule has 0 N–H and O–H groups in total. The van der Waals surface area contributed by atoms with Gasteiger partial charge in [0, 0.05) is 32.4 Å². The van der Waals surface area contributed by atoms with Crippen molar-refractivity contribution in [1.82, 2.24) is 19.7 Å². The van der Waals surface area contributed by atoms with Gasteiger partial charge >= 0.3 is 0 Å². The summed E-state index contributed by atoms with van der Waals surface area (Å²) < 4.78 is 18.8. The van der Waals surface area contributed by atoms with Crippen LogP contribution in [-0.4, -0.2) is 58.3 Å². The Kier molecular flexibility index (Phi) is 6.72. The van der Waals surface area contributed by atoms with E-state index < -0.39 is 0 Å². The number of methoxy groups -OCH3 is 1. The van der Waals surface area contributed by atoms with E-state index in [1.165, 1.54) is 12.8 Å². The summed E-state index contributed by atoms with van der Waals surface area (Å²) in [7, 11) is 3.78. The fraction of sp³-hybridized carbons (Fsp3) is 0.700. The third-order valence-corrected chi connectivity index (χ3v) is 6.78. The molecule has 4 heterocycles. The van der Waals surface area contributed by atoms with Gasteiger partial charge in [-0.05, 0) is 50.9 Å². The maximum atomic E-state index is 5.82. The van der Waals surface area contributed by atoms with E-state index in [2.05, 4.69) is 32.8 Å². The van der Waals surface area contributed by atoms with Crippen LogP contribution in [0.3, 0.4) is 0 Å². The van der Waals surface area contributed by atoms with Crippen molar-refractivity contribution in [3.8, 4) is 0 Å². The maximum absolute atomic E-state index is 5.82. The highest BCUT2D eigenvalue weighted by Gasteiger charge is 2.26. The Hall–Kier alpha value is -1.35. The SMILES string of the molecule is COCc1ccc(CN2CCC(c3nnc(SCC4CCCO4)n3C)CC2)o1. The lowest BCUT2D eigenvalue weighted by Gasteiger charge is -2.30. The lowest BCUT2D eigenvalue weighted by molar-refractivity contribution is 0.129. The Morgan fingerprint density at radius 3 is 2.75 bits per heavy atom. The van der Waals surface area contributed by atoms with Gasteiger partial charge in [-0.2, -0.15) is 0 Å². The summed E-state index contributed by atoms with van der Waals surface area (Å²) in [4.78, 5) is 2.45. The van der Waals surface area contributed by atoms with Crippen LogP contribution in [0.1, 0.15) is 48.9 Å². The molecule has 0 radical (unpaired) electrons. The Morgan fingerprint density at radius 2 is 2.00 bits per heavy atom. The van der Waals surface area contributed by atoms with Crippen molar-refractivity contribution in [3.63, 3.8) is 0 Å². The lowest BCUT2D eigenvalue weighted by Crippen LogP contribution is -2.33. The number of piperidine rings is 1. The number of hydrogen-bond donors (Lipinski definition) is 0. The fourth-order valence-corrected chi connectivity index (χ4v) is 5.03. The van der Waals surface area contributed by atoms with Crippen LogP contribution in [0.4, 0.5) is 0 Å². The van der Waals surface area contributed by atoms with Gasteiger partial charge in [0.2, 0.25) is 0 Å². The molecule has 28 heavy (non-hydrogen) atoms. The summed E-state index contributed by atoms with van der Waals surface area (Å²) in [5.41, 5.74) is 0. The van der Waals surface area contributed by atoms with Crippen molar-refractivity contribution in [3.05, 3.63) is 29.5 Å². The first-order valence-electron chi connectivity index (χ1n) is 10.2. The van der Waals surface area contributed by atoms with Gasteiger partial charge in [-0.3, -0.25) is 4.90 Å². The third-order valence-electron chi connectivity index (χ3n) is 5.63. The second-order valence-electron chi connectivity index (χ2n) is 7.70. The van der Waals surface area contributed by atoms with Gasteiger partial charge in [0.15, 0.2) is 5.16 Å². The van der Waals surface area contributed by atoms with Crippen LogP contribution in [0.15, 0.2) is 21.7 Å². The molecule has 0 amide bonds. The zero-order valence-corrected chi connectivity index (χ0v) is 17.6. The van der Waals surface area contributed by atoms with Crippen molar-refractivity contribution in [2.45, 2.75) is 56.0 Å². The number of thioether (sulfide) groups is 1. The molecule has 154 valence electrons. The molecule has 2 aromatic heterocycles. The van der Waals surface area contributed by atoms with Gasteiger partial charge in [-0.15, -0.1) is 10.2 Å². The molecule has 0 spiro atoms. The van der Waals surface area contributed by atoms with E-state index in [0.717, 1.165) is 67.3 Å². The highest BCUT2D eigenvalue weighted by Crippen LogP contribution is 2.30. The number of rotatable bonds is 8. The second kappa shape index (κ2) is 9.43. The molecule has 1 atom stereocenters. The third kappa shape index (κ3) is 4.79. The van der Waals surface area contributed by atoms with Crippen LogP contribution < -0.4 is 0 Å². The number of nitrogens with zero attached hydrogens (tertiary/aromatic N) is 4. The van der Waals surface area contributed by atoms with E-state index in [1.807, 2.05) is 6.07 Å². The average molecular weight is 407 g/mol. The highest BCUT2D eigenvalue weighted by molar-refractivity contribution is 7.99. The van der Waals surface area contributed by atoms with E-state index in [0.29, 0.717) is 18.6 Å². The van der Waals surface area contributed by atoms with Gasteiger partial charge in [0.1, 0.15) is 24.0 Å². The average Bonchev–Trinajstić information content (AvgIpc) is 3.44. The summed E-state index contributed by atoms with van der Waals surface area (Å²) in [6, 6.07) is 4.06. The van der Waals surface area contributed by atoms with Crippen molar-refractivity contribution >= 4 is 11.8 Å². The van der Waals surface area contributed by atoms with Crippen molar-refractivity contribution in [1.29, 1.82) is 0 Å². The van der Waals surface area contributed by atoms with Gasteiger partial charge in [0.25, 0.3) is 0 Å². The van der Waals surface area contributed by atoms with Crippen LogP contribution >= 0.6 is 11.8 Å². The van der Waals surface area contributed by atoms with Gasteiger partial charge in [-0.1, -0.05) is 11.8 Å². The predicted molar refractivity (Wildman–Crippen MR) is 107 cm³/mol. The summed E-state index contributed by atoms with van der Waals surface area (Å²) in [5, 5.41) is 9.97. The normalized spacial score (nSPS) is 21.6. The molecule has 0 saturated carbocycles. The van der Waals surface area contributed by atoms with Crippen LogP contribution in [0.5, 0.6) is 0 Å². The zero-order valence-electron chi connectivity index (χ0n) is 16.8. The molecular formula is C20H30N4O3S. The standard InChI is InChI=1S/C20H30N4O3S/c1-23-19(21-22-20(23)28-14-18-4-3-11-26-18)15-7-9-24(10-8-15)12-16-5-6-17(27-16)13-25-2/h5-6,15,18H,3-4,7-14H2,1-2H3. The minimum atomic E-state index is 0.374. The largest absolute Gasteiger partial charge is 0.462 e. The van der Waals surface area contributed by atoms with E-state index in [9.17, 15) is 0 Å². The molecular weight excluding hydrogens is 376 g/mol. The van der Waals surface area contributed by atoms with Gasteiger partial charge < -0.3 is 18.5 Å². The molecule has 1 unspecified atom stereocenters. The second-order valence-corrected chi connectivity index (χ2v) is 8.68. The van der Waals surface area contributed by atoms with Crippen molar-refractivity contribution in [2.24, 2.45) is 7.05 Å². The highest BCUT2D eigenvalue weighted by atomic mass is 32.2. The minimum Gasteiger partial charge on any atom is -0.462 e. The molecule has 7 nitrogen and oxygen atoms in total. The molecule has 4 rings (SSSR count). The summed E-state index contributed by atoms with van der Waals surface area (Å²) >= 11 is 1.77. The molecule has 8 heteroatoms. The summed E-state index contributed by atoms with van der Waals surface area (Å²) in [6.07, 6.45) is 4.93. The molecule has 0 bridgehead atoms. The van der Waals surface area contributed by atoms with Crippen LogP contribution in [0.2, 0.25) is 0 Å². The van der Waals surface area contributed by atoms with Gasteiger partial charge in [0.05, 0.1) is 12.6 Å². The topological polar surface area (TPSA) is 65.6 Å². The lowest BCUT2D eigenvalue weighted by atomic mass is 9.96. The molecule has 2 saturated heterocycles. The number of hydrogen-bond acceptors (Lipinski definition) is 7. The van der Waals surface area contributed by atoms with E-state index in [-0.39, 0.29) is 0 Å². The quantitative estimate of drug-likeness (QED) is 0.624. The predicted octanol–water partition coefficient (Wildman–Crippen LogP) is 3.21. The Morgan fingerprint density at radius 1 is 1.18 bits per heavy atom. The van der Waals surface area contributed by atoms with Crippen molar-refractivity contribution < 1.29 is 13.9 Å². The molecule has 2 fully saturated rings. The molecule has 2 aromatic rings. The summed E-state index contributed by atoms with van der Waals surface area (Å²) in [5.74, 6) is 4.47. The molecule has 0 aromatic carbocycles. The van der Waals surface area contributed by atoms with Crippen LogP contribution in [-0.2, 0) is 29.7 Å². The Labute approximate surface area is 170 Å². The van der Waals surface area contributed by atoms with E-state index in [4.69, 9.17) is 13.9 Å². The Bertz CT molecular complexity index is 748. The first-order valence-corrected chi connectivity index (χ1v) is 11.1. The zero-order chi connectivity index (χ0) is 19.3. The molecule has 0 aliphatic carbocycles. The van der Waals surface area contributed by atoms with E-state index in [1.54, 1.807) is 18.9 Å². The van der Waals surface area contributed by atoms with Crippen molar-refractivity contribution in [2.75, 3.05) is 32.6 Å². The minimum absolute atomic E-state index is 0.374. The number of likely N-dealkylation sites (tertiary alicyclic amines) is 1. The van der Waals surface area contributed by atoms with Crippen LogP contribution in [0.25, 0.3) is 0 Å². The molecule has 2 aliphatic heterocycles. The first kappa shape index (κ1) is 19.9. The van der Waals surface area contributed by atoms with Gasteiger partial charge in [-0.25, -0.2) is 0 Å². The number of ether oxygens (including phenoxy) is 2. The van der Waals surface area contributed by atoms with E-state index >= 15 is 0 Å². The number of aromatic nitrogens is 3. The smallest absolute Gasteiger partial charge is 0.191 e. The number of furan rings is 1. The Balaban J connectivity index is 1.27.